The maximum Gasteiger partial charge on any atom is 0.337 e. The molecule has 0 N–H and O–H groups in total. The molecule has 0 saturated carbocycles. The van der Waals surface area contributed by atoms with Gasteiger partial charge in [-0.1, -0.05) is 0 Å². The molecule has 0 unspecified atom stereocenters. The van der Waals surface area contributed by atoms with Crippen LogP contribution in [-0.4, -0.2) is 31.7 Å². The van der Waals surface area contributed by atoms with Crippen molar-refractivity contribution in [3.05, 3.63) is 0 Å². The molecule has 8 heteroatoms. The van der Waals surface area contributed by atoms with Crippen LogP contribution < -0.4 is 4.89 Å². The molecule has 0 aromatic carbocycles. The van der Waals surface area contributed by atoms with E-state index in [0.717, 1.165) is 0 Å². The number of quaternary nitrogens is 1. The predicted molar refractivity (Wildman–Crippen MR) is 51.5 cm³/mol. The molecule has 0 heterocycles. The standard InChI is InChI=1S/C8H12N.F2HO4P/c1-5-7-9(3,4)8-6-2;1-5-7(3,4)6-2/h1-2H,7-8H2,3-4H3;(H,3,4)/q+1;/p-1. The van der Waals surface area contributed by atoms with Crippen molar-refractivity contribution >= 4 is 7.82 Å². The highest BCUT2D eigenvalue weighted by Gasteiger charge is 2.09. The number of phosphoric acid groups is 1. The van der Waals surface area contributed by atoms with Crippen LogP contribution in [0.15, 0.2) is 0 Å². The highest BCUT2D eigenvalue weighted by Crippen LogP contribution is 2.38. The van der Waals surface area contributed by atoms with Crippen molar-refractivity contribution in [2.24, 2.45) is 0 Å². The minimum atomic E-state index is -5.24. The largest absolute Gasteiger partial charge is 0.752 e. The van der Waals surface area contributed by atoms with Gasteiger partial charge >= 0.3 is 7.82 Å². The Bertz CT molecular complexity index is 295. The van der Waals surface area contributed by atoms with Crippen LogP contribution in [0.3, 0.4) is 0 Å². The molecule has 16 heavy (non-hydrogen) atoms. The van der Waals surface area contributed by atoms with Gasteiger partial charge < -0.3 is 9.38 Å². The van der Waals surface area contributed by atoms with Crippen LogP contribution in [0.2, 0.25) is 0 Å². The van der Waals surface area contributed by atoms with E-state index in [1.54, 1.807) is 0 Å². The zero-order valence-electron chi connectivity index (χ0n) is 8.85. The Morgan fingerprint density at radius 3 is 1.69 bits per heavy atom. The number of hydrogen-bond donors (Lipinski definition) is 0. The molecule has 0 rings (SSSR count). The first kappa shape index (κ1) is 17.4. The number of rotatable bonds is 4. The Kier molecular flexibility index (Phi) is 8.97. The molecule has 0 bridgehead atoms. The van der Waals surface area contributed by atoms with Gasteiger partial charge in [0.25, 0.3) is 0 Å². The van der Waals surface area contributed by atoms with Gasteiger partial charge in [0.1, 0.15) is 13.1 Å². The number of halogens is 2. The average Bonchev–Trinajstić information content (AvgIpc) is 2.18. The Morgan fingerprint density at radius 2 is 1.56 bits per heavy atom. The van der Waals surface area contributed by atoms with E-state index in [9.17, 15) is 18.5 Å². The Morgan fingerprint density at radius 1 is 1.25 bits per heavy atom. The van der Waals surface area contributed by atoms with Gasteiger partial charge in [0.15, 0.2) is 0 Å². The van der Waals surface area contributed by atoms with Crippen LogP contribution in [0.1, 0.15) is 0 Å². The molecule has 0 aromatic rings. The number of hydrogen-bond acceptors (Lipinski definition) is 4. The lowest BCUT2D eigenvalue weighted by Gasteiger charge is -2.24. The molecule has 0 aliphatic carbocycles. The highest BCUT2D eigenvalue weighted by atomic mass is 31.2. The molecule has 0 aliphatic heterocycles. The summed E-state index contributed by atoms with van der Waals surface area (Å²) in [6.07, 6.45) is 10.2. The van der Waals surface area contributed by atoms with E-state index >= 15 is 0 Å². The molecule has 0 fully saturated rings. The second kappa shape index (κ2) is 8.23. The van der Waals surface area contributed by atoms with Crippen LogP contribution in [0.5, 0.6) is 0 Å². The van der Waals surface area contributed by atoms with E-state index < -0.39 is 7.82 Å². The SMILES string of the molecule is C#CC[N+](C)(C)CC#C.O=P([O-])(OF)OF. The molecule has 0 radical (unpaired) electrons. The van der Waals surface area contributed by atoms with Crippen molar-refractivity contribution in [1.29, 1.82) is 0 Å². The monoisotopic (exact) mass is 255 g/mol. The van der Waals surface area contributed by atoms with E-state index in [1.165, 1.54) is 0 Å². The van der Waals surface area contributed by atoms with Crippen molar-refractivity contribution in [3.8, 4) is 24.7 Å². The summed E-state index contributed by atoms with van der Waals surface area (Å²) in [4.78, 5) is 9.20. The minimum Gasteiger partial charge on any atom is -0.752 e. The minimum absolute atomic E-state index is 0.699. The third-order valence-corrected chi connectivity index (χ3v) is 1.55. The quantitative estimate of drug-likeness (QED) is 0.419. The van der Waals surface area contributed by atoms with Gasteiger partial charge in [-0.05, 0) is 20.9 Å². The fourth-order valence-electron chi connectivity index (χ4n) is 0.561. The fourth-order valence-corrected chi connectivity index (χ4v) is 0.582. The van der Waals surface area contributed by atoms with Crippen molar-refractivity contribution in [2.45, 2.75) is 0 Å². The zero-order valence-corrected chi connectivity index (χ0v) is 9.75. The molecule has 0 aromatic heterocycles. The zero-order chi connectivity index (χ0) is 13.2. The molecular formula is C8H12F2NO4P. The van der Waals surface area contributed by atoms with Crippen LogP contribution in [0.4, 0.5) is 9.05 Å². The Balaban J connectivity index is 0. The maximum absolute atomic E-state index is 10.3. The van der Waals surface area contributed by atoms with Gasteiger partial charge in [0.2, 0.25) is 0 Å². The normalized spacial score (nSPS) is 10.7. The van der Waals surface area contributed by atoms with E-state index in [1.807, 2.05) is 23.6 Å². The molecule has 0 amide bonds. The van der Waals surface area contributed by atoms with E-state index in [2.05, 4.69) is 11.8 Å². The van der Waals surface area contributed by atoms with Gasteiger partial charge in [-0.3, -0.25) is 4.57 Å². The molecule has 0 spiro atoms. The van der Waals surface area contributed by atoms with Crippen molar-refractivity contribution < 1.29 is 32.5 Å². The molecule has 0 saturated heterocycles. The summed E-state index contributed by atoms with van der Waals surface area (Å²) in [5.41, 5.74) is 0. The van der Waals surface area contributed by atoms with E-state index in [4.69, 9.17) is 12.8 Å². The van der Waals surface area contributed by atoms with Gasteiger partial charge in [0, 0.05) is 0 Å². The van der Waals surface area contributed by atoms with Gasteiger partial charge in [-0.15, -0.1) is 22.3 Å². The fraction of sp³-hybridized carbons (Fsp3) is 0.500. The first-order valence-corrected chi connectivity index (χ1v) is 5.31. The second-order valence-corrected chi connectivity index (χ2v) is 4.42. The lowest BCUT2D eigenvalue weighted by molar-refractivity contribution is -0.875. The number of terminal acetylenes is 2. The van der Waals surface area contributed by atoms with E-state index in [0.29, 0.717) is 17.6 Å². The molecular weight excluding hydrogens is 243 g/mol. The van der Waals surface area contributed by atoms with Crippen LogP contribution in [0.25, 0.3) is 0 Å². The van der Waals surface area contributed by atoms with Crippen molar-refractivity contribution in [1.82, 2.24) is 0 Å². The van der Waals surface area contributed by atoms with Gasteiger partial charge in [-0.2, -0.15) is 0 Å². The Hall–Kier alpha value is -0.950. The third kappa shape index (κ3) is 11.1. The lowest BCUT2D eigenvalue weighted by Crippen LogP contribution is -2.39. The highest BCUT2D eigenvalue weighted by molar-refractivity contribution is 7.45. The summed E-state index contributed by atoms with van der Waals surface area (Å²) in [6.45, 7) is 1.40. The summed E-state index contributed by atoms with van der Waals surface area (Å²) in [5.74, 6) is 5.14. The first-order chi connectivity index (χ1) is 7.24. The first-order valence-electron chi connectivity index (χ1n) is 3.85. The van der Waals surface area contributed by atoms with Crippen molar-refractivity contribution in [3.63, 3.8) is 0 Å². The lowest BCUT2D eigenvalue weighted by atomic mass is 10.4. The Labute approximate surface area is 93.0 Å². The van der Waals surface area contributed by atoms with Crippen LogP contribution in [0, 0.1) is 24.7 Å². The third-order valence-electron chi connectivity index (χ3n) is 1.21. The molecule has 0 atom stereocenters. The topological polar surface area (TPSA) is 58.6 Å². The second-order valence-electron chi connectivity index (χ2n) is 3.25. The van der Waals surface area contributed by atoms with Gasteiger partial charge in [-0.25, -0.2) is 0 Å². The molecule has 0 aliphatic rings. The van der Waals surface area contributed by atoms with Gasteiger partial charge in [0.05, 0.1) is 14.1 Å². The summed E-state index contributed by atoms with van der Waals surface area (Å²) in [6, 6.07) is 0. The predicted octanol–water partition coefficient (Wildman–Crippen LogP) is 0.586. The molecule has 5 nitrogen and oxygen atoms in total. The molecule has 92 valence electrons. The average molecular weight is 255 g/mol. The summed E-state index contributed by atoms with van der Waals surface area (Å²) >= 11 is 0. The van der Waals surface area contributed by atoms with Crippen LogP contribution in [-0.2, 0) is 14.0 Å². The smallest absolute Gasteiger partial charge is 0.337 e. The number of nitrogens with zero attached hydrogens (tertiary/aromatic N) is 1. The van der Waals surface area contributed by atoms with Crippen LogP contribution >= 0.6 is 7.82 Å². The maximum atomic E-state index is 10.3. The van der Waals surface area contributed by atoms with E-state index in [-0.39, 0.29) is 0 Å². The summed E-state index contributed by atoms with van der Waals surface area (Å²) in [5, 5.41) is 0. The summed E-state index contributed by atoms with van der Waals surface area (Å²) in [7, 11) is -1.21. The summed E-state index contributed by atoms with van der Waals surface area (Å²) < 4.78 is 34.6. The van der Waals surface area contributed by atoms with Crippen molar-refractivity contribution in [2.75, 3.05) is 27.2 Å².